The van der Waals surface area contributed by atoms with Crippen LogP contribution in [0.3, 0.4) is 0 Å². The summed E-state index contributed by atoms with van der Waals surface area (Å²) in [7, 11) is 1.75. The van der Waals surface area contributed by atoms with Gasteiger partial charge in [-0.25, -0.2) is 9.18 Å². The number of esters is 1. The number of nitrogens with zero attached hydrogens (tertiary/aromatic N) is 6. The summed E-state index contributed by atoms with van der Waals surface area (Å²) in [6.45, 7) is -1.29. The first kappa shape index (κ1) is 27.9. The summed E-state index contributed by atoms with van der Waals surface area (Å²) in [5, 5.41) is 26.4. The van der Waals surface area contributed by atoms with Crippen LogP contribution in [0.15, 0.2) is 59.8 Å². The van der Waals surface area contributed by atoms with Gasteiger partial charge < -0.3 is 26.0 Å². The van der Waals surface area contributed by atoms with Crippen molar-refractivity contribution in [2.75, 3.05) is 17.7 Å². The van der Waals surface area contributed by atoms with Gasteiger partial charge in [-0.05, 0) is 47.9 Å². The molecular formula is C29H27FN8O5. The van der Waals surface area contributed by atoms with Crippen molar-refractivity contribution in [3.63, 3.8) is 0 Å². The van der Waals surface area contributed by atoms with Crippen molar-refractivity contribution >= 4 is 34.3 Å². The zero-order chi connectivity index (χ0) is 30.2. The minimum atomic E-state index is -1.77. The largest absolute Gasteiger partial charge is 0.459 e. The first-order valence-corrected chi connectivity index (χ1v) is 13.4. The molecule has 1 atom stereocenters. The maximum Gasteiger partial charge on any atom is 0.337 e. The SMILES string of the molecule is Cn1cc(Nc2nc(N)nc(-c3cccc(-n4ccc5cc(C6CC6)cc(F)c5c4=O)c3COC(=O)C(O)CO)n2)cn1. The molecule has 0 spiro atoms. The predicted octanol–water partition coefficient (Wildman–Crippen LogP) is 2.31. The number of fused-ring (bicyclic) bond motifs is 1. The van der Waals surface area contributed by atoms with E-state index in [-0.39, 0.29) is 34.4 Å². The number of aromatic nitrogens is 6. The van der Waals surface area contributed by atoms with E-state index in [9.17, 15) is 19.8 Å². The monoisotopic (exact) mass is 586 g/mol. The Morgan fingerprint density at radius 2 is 2.05 bits per heavy atom. The lowest BCUT2D eigenvalue weighted by atomic mass is 10.0. The van der Waals surface area contributed by atoms with Crippen LogP contribution in [0, 0.1) is 5.82 Å². The number of anilines is 3. The first-order chi connectivity index (χ1) is 20.7. The second kappa shape index (κ2) is 11.2. The van der Waals surface area contributed by atoms with Crippen LogP contribution in [0.25, 0.3) is 27.8 Å². The molecule has 2 aromatic carbocycles. The van der Waals surface area contributed by atoms with Gasteiger partial charge in [-0.1, -0.05) is 18.2 Å². The summed E-state index contributed by atoms with van der Waals surface area (Å²) in [5.41, 5.74) is 7.68. The van der Waals surface area contributed by atoms with E-state index in [1.165, 1.54) is 16.8 Å². The van der Waals surface area contributed by atoms with E-state index < -0.39 is 36.7 Å². The number of nitrogens with one attached hydrogen (secondary N) is 1. The summed E-state index contributed by atoms with van der Waals surface area (Å²) in [5.74, 6) is -1.32. The molecule has 0 radical (unpaired) electrons. The van der Waals surface area contributed by atoms with Gasteiger partial charge in [-0.2, -0.15) is 20.1 Å². The molecular weight excluding hydrogens is 559 g/mol. The molecule has 1 unspecified atom stereocenters. The molecule has 14 heteroatoms. The van der Waals surface area contributed by atoms with Gasteiger partial charge in [0.15, 0.2) is 11.9 Å². The third-order valence-electron chi connectivity index (χ3n) is 7.10. The van der Waals surface area contributed by atoms with E-state index in [1.54, 1.807) is 48.4 Å². The second-order valence-electron chi connectivity index (χ2n) is 10.2. The molecule has 3 heterocycles. The van der Waals surface area contributed by atoms with Crippen LogP contribution in [0.2, 0.25) is 0 Å². The molecule has 1 aliphatic rings. The molecule has 0 saturated heterocycles. The average Bonchev–Trinajstić information content (AvgIpc) is 3.76. The number of aryl methyl sites for hydroxylation is 1. The normalized spacial score (nSPS) is 13.7. The molecule has 0 amide bonds. The topological polar surface area (TPSA) is 183 Å². The van der Waals surface area contributed by atoms with E-state index in [4.69, 9.17) is 10.5 Å². The molecule has 220 valence electrons. The Labute approximate surface area is 243 Å². The Balaban J connectivity index is 1.48. The number of hydrogen-bond donors (Lipinski definition) is 4. The summed E-state index contributed by atoms with van der Waals surface area (Å²) in [6, 6.07) is 9.76. The van der Waals surface area contributed by atoms with Crippen LogP contribution in [0.1, 0.15) is 29.9 Å². The van der Waals surface area contributed by atoms with Crippen LogP contribution in [0.4, 0.5) is 22.0 Å². The van der Waals surface area contributed by atoms with E-state index in [0.717, 1.165) is 18.4 Å². The maximum atomic E-state index is 15.3. The van der Waals surface area contributed by atoms with Gasteiger partial charge in [0.05, 0.1) is 29.6 Å². The van der Waals surface area contributed by atoms with E-state index in [0.29, 0.717) is 22.6 Å². The Morgan fingerprint density at radius 1 is 1.23 bits per heavy atom. The zero-order valence-corrected chi connectivity index (χ0v) is 22.9. The van der Waals surface area contributed by atoms with Gasteiger partial charge in [-0.3, -0.25) is 14.0 Å². The number of nitrogen functional groups attached to an aromatic ring is 1. The lowest BCUT2D eigenvalue weighted by Gasteiger charge is -2.18. The Bertz CT molecular complexity index is 1920. The summed E-state index contributed by atoms with van der Waals surface area (Å²) in [4.78, 5) is 38.9. The van der Waals surface area contributed by atoms with Crippen molar-refractivity contribution in [3.8, 4) is 17.1 Å². The standard InChI is InChI=1S/C29H27FN8O5/c1-37-12-18(11-32-37)33-29-35-25(34-28(31)36-29)19-3-2-4-22(20(19)14-43-27(42)23(40)13-39)38-8-7-16-9-17(15-5-6-15)10-21(30)24(16)26(38)41/h2-4,7-12,15,23,39-40H,5-6,13-14H2,1H3,(H3,31,33,34,35,36). The number of carbonyl (C=O) groups excluding carboxylic acids is 1. The van der Waals surface area contributed by atoms with Crippen LogP contribution < -0.4 is 16.6 Å². The van der Waals surface area contributed by atoms with Gasteiger partial charge in [0, 0.05) is 30.6 Å². The number of hydrogen-bond acceptors (Lipinski definition) is 11. The maximum absolute atomic E-state index is 15.3. The molecule has 0 aliphatic heterocycles. The van der Waals surface area contributed by atoms with Gasteiger partial charge in [0.1, 0.15) is 12.4 Å². The average molecular weight is 587 g/mol. The quantitative estimate of drug-likeness (QED) is 0.186. The Kier molecular flexibility index (Phi) is 7.29. The number of benzene rings is 2. The van der Waals surface area contributed by atoms with Crippen LogP contribution in [0.5, 0.6) is 0 Å². The smallest absolute Gasteiger partial charge is 0.337 e. The minimum Gasteiger partial charge on any atom is -0.459 e. The summed E-state index contributed by atoms with van der Waals surface area (Å²) >= 11 is 0. The number of pyridine rings is 1. The highest BCUT2D eigenvalue weighted by atomic mass is 19.1. The fourth-order valence-electron chi connectivity index (χ4n) is 4.85. The summed E-state index contributed by atoms with van der Waals surface area (Å²) < 4.78 is 23.4. The van der Waals surface area contributed by atoms with Crippen molar-refractivity contribution in [1.29, 1.82) is 0 Å². The van der Waals surface area contributed by atoms with Crippen molar-refractivity contribution in [3.05, 3.63) is 82.3 Å². The molecule has 5 aromatic rings. The third-order valence-corrected chi connectivity index (χ3v) is 7.10. The van der Waals surface area contributed by atoms with Crippen LogP contribution in [-0.2, 0) is 23.2 Å². The van der Waals surface area contributed by atoms with E-state index in [2.05, 4.69) is 25.4 Å². The van der Waals surface area contributed by atoms with Gasteiger partial charge in [0.2, 0.25) is 11.9 Å². The zero-order valence-electron chi connectivity index (χ0n) is 22.9. The van der Waals surface area contributed by atoms with Crippen molar-refractivity contribution in [2.45, 2.75) is 31.5 Å². The van der Waals surface area contributed by atoms with Crippen molar-refractivity contribution in [2.24, 2.45) is 7.05 Å². The highest BCUT2D eigenvalue weighted by Crippen LogP contribution is 2.41. The van der Waals surface area contributed by atoms with Gasteiger partial charge in [0.25, 0.3) is 5.56 Å². The number of aliphatic hydroxyl groups excluding tert-OH is 2. The molecule has 5 N–H and O–H groups in total. The number of aliphatic hydroxyl groups is 2. The molecule has 1 aliphatic carbocycles. The third kappa shape index (κ3) is 5.65. The minimum absolute atomic E-state index is 0.0803. The van der Waals surface area contributed by atoms with Crippen molar-refractivity contribution < 1.29 is 24.1 Å². The molecule has 1 saturated carbocycles. The molecule has 13 nitrogen and oxygen atoms in total. The Hall–Kier alpha value is -5.21. The number of ether oxygens (including phenoxy) is 1. The highest BCUT2D eigenvalue weighted by molar-refractivity contribution is 5.84. The van der Waals surface area contributed by atoms with Crippen molar-refractivity contribution in [1.82, 2.24) is 29.3 Å². The second-order valence-corrected chi connectivity index (χ2v) is 10.2. The Morgan fingerprint density at radius 3 is 2.77 bits per heavy atom. The fourth-order valence-corrected chi connectivity index (χ4v) is 4.85. The number of rotatable bonds is 9. The molecule has 3 aromatic heterocycles. The highest BCUT2D eigenvalue weighted by Gasteiger charge is 2.26. The lowest BCUT2D eigenvalue weighted by Crippen LogP contribution is -2.27. The van der Waals surface area contributed by atoms with E-state index in [1.807, 2.05) is 6.07 Å². The molecule has 6 rings (SSSR count). The molecule has 43 heavy (non-hydrogen) atoms. The van der Waals surface area contributed by atoms with Crippen LogP contribution >= 0.6 is 0 Å². The number of carbonyl (C=O) groups is 1. The van der Waals surface area contributed by atoms with Crippen LogP contribution in [-0.4, -0.2) is 58.2 Å². The van der Waals surface area contributed by atoms with Gasteiger partial charge >= 0.3 is 5.97 Å². The predicted molar refractivity (Wildman–Crippen MR) is 154 cm³/mol. The number of halogens is 1. The fraction of sp³-hybridized carbons (Fsp3) is 0.241. The molecule has 0 bridgehead atoms. The summed E-state index contributed by atoms with van der Waals surface area (Å²) in [6.07, 6.45) is 5.00. The van der Waals surface area contributed by atoms with Gasteiger partial charge in [-0.15, -0.1) is 0 Å². The van der Waals surface area contributed by atoms with E-state index >= 15 is 4.39 Å². The lowest BCUT2D eigenvalue weighted by molar-refractivity contribution is -0.156. The first-order valence-electron chi connectivity index (χ1n) is 13.4. The number of nitrogens with two attached hydrogens (primary N) is 1. The molecule has 1 fully saturated rings.